The van der Waals surface area contributed by atoms with Gasteiger partial charge in [-0.1, -0.05) is 24.1 Å². The van der Waals surface area contributed by atoms with Gasteiger partial charge in [0.25, 0.3) is 0 Å². The number of rotatable bonds is 4. The summed E-state index contributed by atoms with van der Waals surface area (Å²) in [7, 11) is 0. The van der Waals surface area contributed by atoms with Crippen LogP contribution < -0.4 is 0 Å². The van der Waals surface area contributed by atoms with E-state index in [0.29, 0.717) is 23.7 Å². The summed E-state index contributed by atoms with van der Waals surface area (Å²) >= 11 is 0. The molecule has 0 spiro atoms. The van der Waals surface area contributed by atoms with Gasteiger partial charge in [0, 0.05) is 24.9 Å². The van der Waals surface area contributed by atoms with Crippen LogP contribution in [0, 0.1) is 11.6 Å². The zero-order chi connectivity index (χ0) is 17.3. The minimum absolute atomic E-state index is 0.439. The van der Waals surface area contributed by atoms with Gasteiger partial charge in [-0.05, 0) is 42.2 Å². The molecular weight excluding hydrogens is 324 g/mol. The molecule has 0 amide bonds. The van der Waals surface area contributed by atoms with E-state index < -0.39 is 17.0 Å². The molecule has 25 heavy (non-hydrogen) atoms. The van der Waals surface area contributed by atoms with Crippen LogP contribution in [0.25, 0.3) is 0 Å². The SMILES string of the molecule is Fc1cc(F)cc(C2(c3nc(Cc4cccnc4)no3)CCCC2)c1. The van der Waals surface area contributed by atoms with Crippen molar-refractivity contribution in [2.75, 3.05) is 0 Å². The van der Waals surface area contributed by atoms with Crippen LogP contribution in [0.5, 0.6) is 0 Å². The van der Waals surface area contributed by atoms with Gasteiger partial charge in [-0.15, -0.1) is 0 Å². The van der Waals surface area contributed by atoms with E-state index in [2.05, 4.69) is 15.1 Å². The predicted molar refractivity (Wildman–Crippen MR) is 86.9 cm³/mol. The molecule has 2 heterocycles. The zero-order valence-electron chi connectivity index (χ0n) is 13.6. The molecule has 0 saturated heterocycles. The topological polar surface area (TPSA) is 51.8 Å². The van der Waals surface area contributed by atoms with Gasteiger partial charge >= 0.3 is 0 Å². The quantitative estimate of drug-likeness (QED) is 0.714. The van der Waals surface area contributed by atoms with E-state index in [4.69, 9.17) is 4.52 Å². The summed E-state index contributed by atoms with van der Waals surface area (Å²) in [6.07, 6.45) is 7.36. The van der Waals surface area contributed by atoms with Gasteiger partial charge in [-0.3, -0.25) is 4.98 Å². The van der Waals surface area contributed by atoms with E-state index in [1.54, 1.807) is 12.4 Å². The lowest BCUT2D eigenvalue weighted by Gasteiger charge is -2.25. The molecule has 0 bridgehead atoms. The Morgan fingerprint density at radius 3 is 2.52 bits per heavy atom. The Morgan fingerprint density at radius 2 is 1.84 bits per heavy atom. The molecular formula is C19H17F2N3O. The number of hydrogen-bond donors (Lipinski definition) is 0. The minimum atomic E-state index is -0.608. The van der Waals surface area contributed by atoms with Crippen LogP contribution in [-0.2, 0) is 11.8 Å². The number of halogens is 2. The van der Waals surface area contributed by atoms with Crippen LogP contribution >= 0.6 is 0 Å². The molecule has 1 aliphatic carbocycles. The van der Waals surface area contributed by atoms with E-state index in [0.717, 1.165) is 37.3 Å². The fraction of sp³-hybridized carbons (Fsp3) is 0.316. The number of pyridine rings is 1. The Bertz CT molecular complexity index is 853. The van der Waals surface area contributed by atoms with Crippen LogP contribution in [0.4, 0.5) is 8.78 Å². The lowest BCUT2D eigenvalue weighted by molar-refractivity contribution is 0.308. The molecule has 4 nitrogen and oxygen atoms in total. The first-order chi connectivity index (χ1) is 12.2. The van der Waals surface area contributed by atoms with Crippen molar-refractivity contribution in [3.8, 4) is 0 Å². The average Bonchev–Trinajstić information content (AvgIpc) is 3.25. The first-order valence-corrected chi connectivity index (χ1v) is 8.34. The van der Waals surface area contributed by atoms with Gasteiger partial charge in [0.05, 0.1) is 5.41 Å². The molecule has 6 heteroatoms. The van der Waals surface area contributed by atoms with Gasteiger partial charge in [0.15, 0.2) is 5.82 Å². The van der Waals surface area contributed by atoms with Gasteiger partial charge in [-0.25, -0.2) is 8.78 Å². The van der Waals surface area contributed by atoms with E-state index in [1.807, 2.05) is 12.1 Å². The third-order valence-corrected chi connectivity index (χ3v) is 4.83. The van der Waals surface area contributed by atoms with Gasteiger partial charge < -0.3 is 4.52 Å². The Hall–Kier alpha value is -2.63. The maximum atomic E-state index is 13.7. The summed E-state index contributed by atoms with van der Waals surface area (Å²) in [6, 6.07) is 7.42. The van der Waals surface area contributed by atoms with Gasteiger partial charge in [0.2, 0.25) is 5.89 Å². The summed E-state index contributed by atoms with van der Waals surface area (Å²) in [5.41, 5.74) is 0.939. The van der Waals surface area contributed by atoms with Crippen molar-refractivity contribution in [2.45, 2.75) is 37.5 Å². The molecule has 1 fully saturated rings. The van der Waals surface area contributed by atoms with Gasteiger partial charge in [0.1, 0.15) is 11.6 Å². The largest absolute Gasteiger partial charge is 0.338 e. The van der Waals surface area contributed by atoms with Crippen molar-refractivity contribution in [3.63, 3.8) is 0 Å². The third-order valence-electron chi connectivity index (χ3n) is 4.83. The van der Waals surface area contributed by atoms with Crippen molar-refractivity contribution in [2.24, 2.45) is 0 Å². The van der Waals surface area contributed by atoms with Crippen molar-refractivity contribution in [1.82, 2.24) is 15.1 Å². The van der Waals surface area contributed by atoms with E-state index in [-0.39, 0.29) is 0 Å². The molecule has 0 radical (unpaired) electrons. The summed E-state index contributed by atoms with van der Waals surface area (Å²) in [5, 5.41) is 4.07. The highest BCUT2D eigenvalue weighted by atomic mass is 19.1. The number of aromatic nitrogens is 3. The van der Waals surface area contributed by atoms with Crippen LogP contribution in [-0.4, -0.2) is 15.1 Å². The van der Waals surface area contributed by atoms with Crippen LogP contribution in [0.2, 0.25) is 0 Å². The van der Waals surface area contributed by atoms with Crippen LogP contribution in [0.15, 0.2) is 47.2 Å². The van der Waals surface area contributed by atoms with Crippen molar-refractivity contribution >= 4 is 0 Å². The fourth-order valence-corrected chi connectivity index (χ4v) is 3.64. The molecule has 1 aromatic carbocycles. The van der Waals surface area contributed by atoms with Crippen molar-refractivity contribution in [3.05, 3.63) is 77.2 Å². The van der Waals surface area contributed by atoms with Crippen molar-refractivity contribution in [1.29, 1.82) is 0 Å². The highest BCUT2D eigenvalue weighted by molar-refractivity contribution is 5.34. The maximum Gasteiger partial charge on any atom is 0.237 e. The second kappa shape index (κ2) is 6.35. The second-order valence-electron chi connectivity index (χ2n) is 6.50. The number of hydrogen-bond acceptors (Lipinski definition) is 4. The first kappa shape index (κ1) is 15.9. The normalized spacial score (nSPS) is 16.2. The summed E-state index contributed by atoms with van der Waals surface area (Å²) in [5.74, 6) is -0.187. The standard InChI is InChI=1S/C19H17F2N3O/c20-15-9-14(10-16(21)11-15)19(5-1-2-6-19)18-23-17(24-25-18)8-13-4-3-7-22-12-13/h3-4,7,9-12H,1-2,5-6,8H2. The van der Waals surface area contributed by atoms with E-state index in [9.17, 15) is 8.78 Å². The first-order valence-electron chi connectivity index (χ1n) is 8.34. The summed E-state index contributed by atoms with van der Waals surface area (Å²) in [6.45, 7) is 0. The molecule has 0 N–H and O–H groups in total. The fourth-order valence-electron chi connectivity index (χ4n) is 3.64. The summed E-state index contributed by atoms with van der Waals surface area (Å²) < 4.78 is 33.0. The molecule has 0 atom stereocenters. The van der Waals surface area contributed by atoms with Gasteiger partial charge in [-0.2, -0.15) is 4.98 Å². The Kier molecular flexibility index (Phi) is 4.03. The predicted octanol–water partition coefficient (Wildman–Crippen LogP) is 4.19. The zero-order valence-corrected chi connectivity index (χ0v) is 13.6. The second-order valence-corrected chi connectivity index (χ2v) is 6.50. The van der Waals surface area contributed by atoms with E-state index in [1.165, 1.54) is 12.1 Å². The minimum Gasteiger partial charge on any atom is -0.338 e. The molecule has 128 valence electrons. The lowest BCUT2D eigenvalue weighted by atomic mass is 9.78. The van der Waals surface area contributed by atoms with E-state index >= 15 is 0 Å². The smallest absolute Gasteiger partial charge is 0.237 e. The Labute approximate surface area is 143 Å². The third kappa shape index (κ3) is 3.04. The highest BCUT2D eigenvalue weighted by Gasteiger charge is 2.43. The Balaban J connectivity index is 1.70. The molecule has 3 aromatic rings. The monoisotopic (exact) mass is 341 g/mol. The average molecular weight is 341 g/mol. The molecule has 2 aromatic heterocycles. The summed E-state index contributed by atoms with van der Waals surface area (Å²) in [4.78, 5) is 8.62. The van der Waals surface area contributed by atoms with Crippen LogP contribution in [0.3, 0.4) is 0 Å². The molecule has 1 aliphatic rings. The van der Waals surface area contributed by atoms with Crippen LogP contribution in [0.1, 0.15) is 48.5 Å². The van der Waals surface area contributed by atoms with Crippen molar-refractivity contribution < 1.29 is 13.3 Å². The number of nitrogens with zero attached hydrogens (tertiary/aromatic N) is 3. The number of benzene rings is 1. The highest BCUT2D eigenvalue weighted by Crippen LogP contribution is 2.46. The molecule has 0 unspecified atom stereocenters. The molecule has 4 rings (SSSR count). The Morgan fingerprint density at radius 1 is 1.08 bits per heavy atom. The molecule has 1 saturated carbocycles. The lowest BCUT2D eigenvalue weighted by Crippen LogP contribution is -2.24. The molecule has 0 aliphatic heterocycles. The maximum absolute atomic E-state index is 13.7.